The Morgan fingerprint density at radius 1 is 1.17 bits per heavy atom. The fourth-order valence-corrected chi connectivity index (χ4v) is 2.52. The number of carbonyl (C=O) groups is 1. The van der Waals surface area contributed by atoms with Crippen LogP contribution < -0.4 is 10.6 Å². The average molecular weight is 330 g/mol. The Morgan fingerprint density at radius 2 is 1.83 bits per heavy atom. The quantitative estimate of drug-likeness (QED) is 0.749. The summed E-state index contributed by atoms with van der Waals surface area (Å²) in [4.78, 5) is 12.2. The maximum atomic E-state index is 12.9. The van der Waals surface area contributed by atoms with Crippen LogP contribution in [0.4, 0.5) is 14.9 Å². The van der Waals surface area contributed by atoms with Gasteiger partial charge in [0.05, 0.1) is 12.1 Å². The second-order valence-corrected chi connectivity index (χ2v) is 5.79. The van der Waals surface area contributed by atoms with Crippen molar-refractivity contribution >= 4 is 11.7 Å². The lowest BCUT2D eigenvalue weighted by atomic mass is 10.0. The number of amides is 2. The smallest absolute Gasteiger partial charge is 0.319 e. The highest BCUT2D eigenvalue weighted by atomic mass is 19.1. The maximum absolute atomic E-state index is 12.9. The molecule has 0 heterocycles. The molecular weight excluding hydrogens is 307 g/mol. The molecule has 5 heteroatoms. The zero-order valence-electron chi connectivity index (χ0n) is 13.9. The van der Waals surface area contributed by atoms with Crippen LogP contribution >= 0.6 is 0 Å². The predicted octanol–water partition coefficient (Wildman–Crippen LogP) is 4.02. The van der Waals surface area contributed by atoms with Crippen LogP contribution in [0.15, 0.2) is 48.5 Å². The highest BCUT2D eigenvalue weighted by molar-refractivity contribution is 5.90. The minimum atomic E-state index is -0.915. The monoisotopic (exact) mass is 330 g/mol. The standard InChI is InChI=1S/C19H23FN2O2/c1-3-6-14-7-4-5-8-17(14)22-19(24)21-13(2)18(23)15-9-11-16(20)12-10-15/h4-5,7-13,18,23H,3,6H2,1-2H3,(H2,21,22,24). The van der Waals surface area contributed by atoms with Crippen molar-refractivity contribution in [2.75, 3.05) is 5.32 Å². The lowest BCUT2D eigenvalue weighted by Gasteiger charge is -2.21. The lowest BCUT2D eigenvalue weighted by molar-refractivity contribution is 0.139. The van der Waals surface area contributed by atoms with E-state index >= 15 is 0 Å². The number of hydrogen-bond donors (Lipinski definition) is 3. The molecule has 2 unspecified atom stereocenters. The molecule has 2 aromatic rings. The van der Waals surface area contributed by atoms with E-state index in [0.717, 1.165) is 24.1 Å². The summed E-state index contributed by atoms with van der Waals surface area (Å²) < 4.78 is 12.9. The van der Waals surface area contributed by atoms with Crippen LogP contribution in [0.1, 0.15) is 37.5 Å². The fourth-order valence-electron chi connectivity index (χ4n) is 2.52. The van der Waals surface area contributed by atoms with Gasteiger partial charge in [0.25, 0.3) is 0 Å². The Morgan fingerprint density at radius 3 is 2.50 bits per heavy atom. The van der Waals surface area contributed by atoms with Gasteiger partial charge in [0.1, 0.15) is 5.82 Å². The Balaban J connectivity index is 1.97. The fraction of sp³-hybridized carbons (Fsp3) is 0.316. The molecule has 24 heavy (non-hydrogen) atoms. The number of aliphatic hydroxyl groups is 1. The molecular formula is C19H23FN2O2. The maximum Gasteiger partial charge on any atom is 0.319 e. The van der Waals surface area contributed by atoms with E-state index < -0.39 is 12.1 Å². The molecule has 0 aliphatic heterocycles. The topological polar surface area (TPSA) is 61.4 Å². The van der Waals surface area contributed by atoms with Gasteiger partial charge in [-0.1, -0.05) is 43.7 Å². The molecule has 2 aromatic carbocycles. The van der Waals surface area contributed by atoms with Gasteiger partial charge in [-0.3, -0.25) is 0 Å². The average Bonchev–Trinajstić information content (AvgIpc) is 2.57. The molecule has 2 rings (SSSR count). The largest absolute Gasteiger partial charge is 0.386 e. The number of aliphatic hydroxyl groups excluding tert-OH is 1. The van der Waals surface area contributed by atoms with Gasteiger partial charge in [0.15, 0.2) is 0 Å². The van der Waals surface area contributed by atoms with Crippen LogP contribution in [0.5, 0.6) is 0 Å². The van der Waals surface area contributed by atoms with Gasteiger partial charge in [-0.15, -0.1) is 0 Å². The summed E-state index contributed by atoms with van der Waals surface area (Å²) >= 11 is 0. The molecule has 0 saturated heterocycles. The Kier molecular flexibility index (Phi) is 6.32. The predicted molar refractivity (Wildman–Crippen MR) is 93.4 cm³/mol. The zero-order chi connectivity index (χ0) is 17.5. The van der Waals surface area contributed by atoms with Gasteiger partial charge in [-0.25, -0.2) is 9.18 Å². The number of carbonyl (C=O) groups excluding carboxylic acids is 1. The van der Waals surface area contributed by atoms with Crippen molar-refractivity contribution in [2.45, 2.75) is 38.8 Å². The molecule has 0 spiro atoms. The Bertz CT molecular complexity index is 673. The van der Waals surface area contributed by atoms with Crippen LogP contribution in [0.3, 0.4) is 0 Å². The van der Waals surface area contributed by atoms with Gasteiger partial charge in [0.2, 0.25) is 0 Å². The summed E-state index contributed by atoms with van der Waals surface area (Å²) in [5.41, 5.74) is 2.39. The minimum Gasteiger partial charge on any atom is -0.386 e. The van der Waals surface area contributed by atoms with Gasteiger partial charge in [-0.2, -0.15) is 0 Å². The van der Waals surface area contributed by atoms with E-state index in [1.54, 1.807) is 6.92 Å². The van der Waals surface area contributed by atoms with Crippen LogP contribution in [-0.4, -0.2) is 17.2 Å². The first-order valence-electron chi connectivity index (χ1n) is 8.10. The van der Waals surface area contributed by atoms with Gasteiger partial charge in [-0.05, 0) is 42.7 Å². The van der Waals surface area contributed by atoms with Crippen molar-refractivity contribution in [3.63, 3.8) is 0 Å². The molecule has 0 fully saturated rings. The van der Waals surface area contributed by atoms with E-state index in [1.165, 1.54) is 24.3 Å². The molecule has 4 nitrogen and oxygen atoms in total. The van der Waals surface area contributed by atoms with Crippen LogP contribution in [0, 0.1) is 5.82 Å². The minimum absolute atomic E-state index is 0.364. The van der Waals surface area contributed by atoms with Crippen LogP contribution in [0.25, 0.3) is 0 Å². The van der Waals surface area contributed by atoms with Crippen molar-refractivity contribution in [3.8, 4) is 0 Å². The van der Waals surface area contributed by atoms with Gasteiger partial charge < -0.3 is 15.7 Å². The first kappa shape index (κ1) is 17.9. The molecule has 0 aromatic heterocycles. The number of nitrogens with one attached hydrogen (secondary N) is 2. The summed E-state index contributed by atoms with van der Waals surface area (Å²) in [5.74, 6) is -0.364. The van der Waals surface area contributed by atoms with Crippen molar-refractivity contribution in [2.24, 2.45) is 0 Å². The number of rotatable bonds is 6. The van der Waals surface area contributed by atoms with E-state index in [2.05, 4.69) is 17.6 Å². The van der Waals surface area contributed by atoms with E-state index in [9.17, 15) is 14.3 Å². The molecule has 3 N–H and O–H groups in total. The number of anilines is 1. The summed E-state index contributed by atoms with van der Waals surface area (Å²) in [5, 5.41) is 15.8. The summed E-state index contributed by atoms with van der Waals surface area (Å²) in [7, 11) is 0. The van der Waals surface area contributed by atoms with Crippen LogP contribution in [0.2, 0.25) is 0 Å². The molecule has 0 radical (unpaired) electrons. The molecule has 0 saturated carbocycles. The number of urea groups is 1. The third-order valence-electron chi connectivity index (χ3n) is 3.83. The first-order chi connectivity index (χ1) is 11.5. The van der Waals surface area contributed by atoms with Gasteiger partial charge in [0, 0.05) is 5.69 Å². The van der Waals surface area contributed by atoms with E-state index in [1.807, 2.05) is 24.3 Å². The highest BCUT2D eigenvalue weighted by Crippen LogP contribution is 2.19. The molecule has 0 bridgehead atoms. The second-order valence-electron chi connectivity index (χ2n) is 5.79. The van der Waals surface area contributed by atoms with E-state index in [-0.39, 0.29) is 11.8 Å². The summed E-state index contributed by atoms with van der Waals surface area (Å²) in [6.07, 6.45) is 0.951. The molecule has 0 aliphatic carbocycles. The number of hydrogen-bond acceptors (Lipinski definition) is 2. The third kappa shape index (κ3) is 4.80. The van der Waals surface area contributed by atoms with Crippen molar-refractivity contribution in [3.05, 3.63) is 65.5 Å². The molecule has 2 amide bonds. The molecule has 0 aliphatic rings. The molecule has 2 atom stereocenters. The van der Waals surface area contributed by atoms with Crippen molar-refractivity contribution in [1.29, 1.82) is 0 Å². The second kappa shape index (κ2) is 8.45. The lowest BCUT2D eigenvalue weighted by Crippen LogP contribution is -2.39. The number of halogens is 1. The summed E-state index contributed by atoms with van der Waals surface area (Å²) in [6.45, 7) is 3.78. The number of aryl methyl sites for hydroxylation is 1. The highest BCUT2D eigenvalue weighted by Gasteiger charge is 2.18. The third-order valence-corrected chi connectivity index (χ3v) is 3.83. The molecule has 128 valence electrons. The summed E-state index contributed by atoms with van der Waals surface area (Å²) in [6, 6.07) is 12.3. The van der Waals surface area contributed by atoms with Crippen molar-refractivity contribution in [1.82, 2.24) is 5.32 Å². The number of para-hydroxylation sites is 1. The van der Waals surface area contributed by atoms with Gasteiger partial charge >= 0.3 is 6.03 Å². The van der Waals surface area contributed by atoms with E-state index in [4.69, 9.17) is 0 Å². The normalized spacial score (nSPS) is 13.2. The van der Waals surface area contributed by atoms with E-state index in [0.29, 0.717) is 5.56 Å². The van der Waals surface area contributed by atoms with Crippen molar-refractivity contribution < 1.29 is 14.3 Å². The first-order valence-corrected chi connectivity index (χ1v) is 8.10. The Labute approximate surface area is 141 Å². The number of benzene rings is 2. The Hall–Kier alpha value is -2.40. The SMILES string of the molecule is CCCc1ccccc1NC(=O)NC(C)C(O)c1ccc(F)cc1. The van der Waals surface area contributed by atoms with Crippen LogP contribution in [-0.2, 0) is 6.42 Å². The zero-order valence-corrected chi connectivity index (χ0v) is 13.9.